The summed E-state index contributed by atoms with van der Waals surface area (Å²) in [4.78, 5) is 9.47. The van der Waals surface area contributed by atoms with E-state index in [0.717, 1.165) is 0 Å². The number of hydrogen-bond acceptors (Lipinski definition) is 3. The van der Waals surface area contributed by atoms with Crippen molar-refractivity contribution in [1.29, 1.82) is 0 Å². The van der Waals surface area contributed by atoms with E-state index in [-0.39, 0.29) is 0 Å². The summed E-state index contributed by atoms with van der Waals surface area (Å²) in [5, 5.41) is 0. The van der Waals surface area contributed by atoms with E-state index in [9.17, 15) is 4.79 Å². The molecule has 47 valence electrons. The lowest BCUT2D eigenvalue weighted by Gasteiger charge is -1.96. The number of ether oxygens (including phenoxy) is 2. The molecule has 0 atom stereocenters. The standard InChI is InChI=1S/C5H9O3/c1-2-7-3-4-8-5-6/h5H,1-4H2. The first-order valence-corrected chi connectivity index (χ1v) is 2.34. The summed E-state index contributed by atoms with van der Waals surface area (Å²) in [6, 6.07) is 0. The first-order chi connectivity index (χ1) is 3.91. The largest absolute Gasteiger partial charge is 0.465 e. The fourth-order valence-corrected chi connectivity index (χ4v) is 0.257. The molecule has 0 spiro atoms. The van der Waals surface area contributed by atoms with Crippen molar-refractivity contribution in [3.63, 3.8) is 0 Å². The van der Waals surface area contributed by atoms with Gasteiger partial charge >= 0.3 is 0 Å². The Kier molecular flexibility index (Phi) is 5.97. The van der Waals surface area contributed by atoms with Gasteiger partial charge < -0.3 is 9.47 Å². The van der Waals surface area contributed by atoms with Gasteiger partial charge in [-0.05, 0) is 6.92 Å². The van der Waals surface area contributed by atoms with E-state index >= 15 is 0 Å². The molecule has 0 saturated heterocycles. The van der Waals surface area contributed by atoms with Crippen LogP contribution in [0, 0.1) is 6.92 Å². The average Bonchev–Trinajstić information content (AvgIpc) is 1.81. The third-order valence-corrected chi connectivity index (χ3v) is 0.558. The van der Waals surface area contributed by atoms with E-state index in [0.29, 0.717) is 26.3 Å². The second-order valence-electron chi connectivity index (χ2n) is 1.08. The lowest BCUT2D eigenvalue weighted by Crippen LogP contribution is -2.01. The van der Waals surface area contributed by atoms with Crippen molar-refractivity contribution in [2.24, 2.45) is 0 Å². The maximum atomic E-state index is 9.47. The summed E-state index contributed by atoms with van der Waals surface area (Å²) in [6.45, 7) is 4.98. The summed E-state index contributed by atoms with van der Waals surface area (Å²) in [5.41, 5.74) is 0. The summed E-state index contributed by atoms with van der Waals surface area (Å²) >= 11 is 0. The van der Waals surface area contributed by atoms with Crippen LogP contribution in [0.5, 0.6) is 0 Å². The Labute approximate surface area is 48.6 Å². The first kappa shape index (κ1) is 7.43. The Morgan fingerprint density at radius 3 is 2.75 bits per heavy atom. The summed E-state index contributed by atoms with van der Waals surface area (Å²) in [7, 11) is 0. The van der Waals surface area contributed by atoms with Gasteiger partial charge in [-0.1, -0.05) is 0 Å². The molecule has 0 heterocycles. The molecule has 1 radical (unpaired) electrons. The van der Waals surface area contributed by atoms with Gasteiger partial charge in [0.25, 0.3) is 6.47 Å². The molecule has 0 bridgehead atoms. The van der Waals surface area contributed by atoms with Crippen LogP contribution in [0.2, 0.25) is 0 Å². The number of hydrogen-bond donors (Lipinski definition) is 0. The van der Waals surface area contributed by atoms with Gasteiger partial charge in [-0.15, -0.1) is 0 Å². The van der Waals surface area contributed by atoms with E-state index in [1.807, 2.05) is 0 Å². The number of rotatable bonds is 5. The molecule has 8 heavy (non-hydrogen) atoms. The van der Waals surface area contributed by atoms with Crippen molar-refractivity contribution in [3.05, 3.63) is 6.92 Å². The number of carbonyl (C=O) groups excluding carboxylic acids is 1. The normalized spacial score (nSPS) is 8.62. The monoisotopic (exact) mass is 117 g/mol. The van der Waals surface area contributed by atoms with Crippen LogP contribution in [0.1, 0.15) is 0 Å². The van der Waals surface area contributed by atoms with Crippen molar-refractivity contribution in [2.45, 2.75) is 0 Å². The Morgan fingerprint density at radius 2 is 2.25 bits per heavy atom. The third kappa shape index (κ3) is 5.43. The van der Waals surface area contributed by atoms with Crippen LogP contribution in [0.15, 0.2) is 0 Å². The molecule has 0 saturated carbocycles. The molecular weight excluding hydrogens is 108 g/mol. The van der Waals surface area contributed by atoms with Crippen molar-refractivity contribution in [3.8, 4) is 0 Å². The maximum absolute atomic E-state index is 9.47. The van der Waals surface area contributed by atoms with Gasteiger partial charge in [-0.3, -0.25) is 4.79 Å². The molecule has 0 aliphatic rings. The zero-order valence-corrected chi connectivity index (χ0v) is 4.63. The summed E-state index contributed by atoms with van der Waals surface area (Å²) in [6.07, 6.45) is 0. The Hall–Kier alpha value is -0.570. The number of carbonyl (C=O) groups is 1. The zero-order valence-electron chi connectivity index (χ0n) is 4.63. The molecule has 0 unspecified atom stereocenters. The van der Waals surface area contributed by atoms with E-state index in [1.54, 1.807) is 0 Å². The summed E-state index contributed by atoms with van der Waals surface area (Å²) in [5.74, 6) is 0. The lowest BCUT2D eigenvalue weighted by molar-refractivity contribution is -0.130. The van der Waals surface area contributed by atoms with Gasteiger partial charge in [0.1, 0.15) is 6.61 Å². The predicted octanol–water partition coefficient (Wildman–Crippen LogP) is 0.0101. The minimum Gasteiger partial charge on any atom is -0.465 e. The molecule has 0 fully saturated rings. The fourth-order valence-electron chi connectivity index (χ4n) is 0.257. The van der Waals surface area contributed by atoms with Crippen molar-refractivity contribution in [2.75, 3.05) is 19.8 Å². The molecular formula is C5H9O3. The highest BCUT2D eigenvalue weighted by molar-refractivity contribution is 5.36. The van der Waals surface area contributed by atoms with Gasteiger partial charge in [0.05, 0.1) is 6.61 Å². The molecule has 3 heteroatoms. The molecule has 0 aromatic carbocycles. The molecule has 3 nitrogen and oxygen atoms in total. The van der Waals surface area contributed by atoms with E-state index in [1.165, 1.54) is 0 Å². The second kappa shape index (κ2) is 6.43. The van der Waals surface area contributed by atoms with Gasteiger partial charge in [0.2, 0.25) is 0 Å². The zero-order chi connectivity index (χ0) is 6.24. The van der Waals surface area contributed by atoms with Crippen LogP contribution in [0.25, 0.3) is 0 Å². The molecule has 0 rings (SSSR count). The molecule has 0 amide bonds. The highest BCUT2D eigenvalue weighted by Crippen LogP contribution is 1.72. The van der Waals surface area contributed by atoms with Gasteiger partial charge in [-0.25, -0.2) is 0 Å². The Balaban J connectivity index is 2.62. The lowest BCUT2D eigenvalue weighted by atomic mass is 10.7. The van der Waals surface area contributed by atoms with E-state index in [2.05, 4.69) is 11.7 Å². The first-order valence-electron chi connectivity index (χ1n) is 2.34. The van der Waals surface area contributed by atoms with Crippen LogP contribution >= 0.6 is 0 Å². The van der Waals surface area contributed by atoms with Crippen LogP contribution in [-0.4, -0.2) is 26.3 Å². The van der Waals surface area contributed by atoms with E-state index < -0.39 is 0 Å². The van der Waals surface area contributed by atoms with Gasteiger partial charge in [-0.2, -0.15) is 0 Å². The minimum absolute atomic E-state index is 0.318. The Bertz CT molecular complexity index is 53.6. The maximum Gasteiger partial charge on any atom is 0.293 e. The topological polar surface area (TPSA) is 35.5 Å². The van der Waals surface area contributed by atoms with Crippen LogP contribution in [-0.2, 0) is 14.3 Å². The van der Waals surface area contributed by atoms with Crippen LogP contribution in [0.3, 0.4) is 0 Å². The predicted molar refractivity (Wildman–Crippen MR) is 28.2 cm³/mol. The van der Waals surface area contributed by atoms with Gasteiger partial charge in [0, 0.05) is 6.61 Å². The summed E-state index contributed by atoms with van der Waals surface area (Å²) < 4.78 is 9.04. The quantitative estimate of drug-likeness (QED) is 0.376. The SMILES string of the molecule is [CH2]COCCOC=O. The molecule has 0 aliphatic heterocycles. The highest BCUT2D eigenvalue weighted by atomic mass is 16.5. The Morgan fingerprint density at radius 1 is 1.50 bits per heavy atom. The van der Waals surface area contributed by atoms with Crippen LogP contribution in [0.4, 0.5) is 0 Å². The smallest absolute Gasteiger partial charge is 0.293 e. The van der Waals surface area contributed by atoms with Crippen molar-refractivity contribution < 1.29 is 14.3 Å². The van der Waals surface area contributed by atoms with E-state index in [4.69, 9.17) is 4.74 Å². The average molecular weight is 117 g/mol. The molecule has 0 aromatic heterocycles. The second-order valence-corrected chi connectivity index (χ2v) is 1.08. The van der Waals surface area contributed by atoms with Crippen molar-refractivity contribution in [1.82, 2.24) is 0 Å². The fraction of sp³-hybridized carbons (Fsp3) is 0.600. The molecule has 0 N–H and O–H groups in total. The van der Waals surface area contributed by atoms with Gasteiger partial charge in [0.15, 0.2) is 0 Å². The third-order valence-electron chi connectivity index (χ3n) is 0.558. The highest BCUT2D eigenvalue weighted by Gasteiger charge is 1.81. The molecule has 0 aliphatic carbocycles. The van der Waals surface area contributed by atoms with Crippen LogP contribution < -0.4 is 0 Å². The molecule has 0 aromatic rings. The van der Waals surface area contributed by atoms with Crippen molar-refractivity contribution >= 4 is 6.47 Å². The minimum atomic E-state index is 0.318.